The molecule has 0 bridgehead atoms. The van der Waals surface area contributed by atoms with Crippen molar-refractivity contribution in [2.75, 3.05) is 32.4 Å². The highest BCUT2D eigenvalue weighted by Gasteiger charge is 2.22. The highest BCUT2D eigenvalue weighted by molar-refractivity contribution is 7.99. The van der Waals surface area contributed by atoms with Crippen molar-refractivity contribution < 1.29 is 4.39 Å². The van der Waals surface area contributed by atoms with Crippen LogP contribution in [0.1, 0.15) is 24.9 Å². The van der Waals surface area contributed by atoms with E-state index in [4.69, 9.17) is 0 Å². The predicted octanol–water partition coefficient (Wildman–Crippen LogP) is 2.90. The number of rotatable bonds is 5. The van der Waals surface area contributed by atoms with E-state index in [0.29, 0.717) is 6.04 Å². The zero-order valence-corrected chi connectivity index (χ0v) is 11.9. The molecular weight excluding hydrogens is 247 g/mol. The first-order chi connectivity index (χ1) is 8.72. The Balaban J connectivity index is 1.98. The molecule has 0 fully saturated rings. The summed E-state index contributed by atoms with van der Waals surface area (Å²) < 4.78 is 13.7. The molecule has 1 unspecified atom stereocenters. The Morgan fingerprint density at radius 1 is 1.50 bits per heavy atom. The van der Waals surface area contributed by atoms with Gasteiger partial charge in [0.2, 0.25) is 0 Å². The van der Waals surface area contributed by atoms with E-state index >= 15 is 0 Å². The summed E-state index contributed by atoms with van der Waals surface area (Å²) in [6.45, 7) is 5.20. The van der Waals surface area contributed by atoms with Gasteiger partial charge in [0.15, 0.2) is 0 Å². The number of thioether (sulfide) groups is 1. The van der Waals surface area contributed by atoms with Crippen LogP contribution in [-0.2, 0) is 0 Å². The fourth-order valence-corrected chi connectivity index (χ4v) is 3.33. The Morgan fingerprint density at radius 3 is 3.11 bits per heavy atom. The maximum Gasteiger partial charge on any atom is 0.137 e. The lowest BCUT2D eigenvalue weighted by Gasteiger charge is -2.27. The van der Waals surface area contributed by atoms with Gasteiger partial charge in [-0.25, -0.2) is 4.39 Å². The number of halogens is 1. The summed E-state index contributed by atoms with van der Waals surface area (Å²) in [6, 6.07) is 5.72. The van der Waals surface area contributed by atoms with Gasteiger partial charge in [0.1, 0.15) is 5.82 Å². The van der Waals surface area contributed by atoms with Crippen LogP contribution in [0, 0.1) is 5.82 Å². The van der Waals surface area contributed by atoms with E-state index in [1.165, 1.54) is 0 Å². The minimum atomic E-state index is -0.0744. The van der Waals surface area contributed by atoms with E-state index in [1.807, 2.05) is 12.1 Å². The Labute approximate surface area is 113 Å². The van der Waals surface area contributed by atoms with E-state index < -0.39 is 0 Å². The molecule has 2 rings (SSSR count). The average molecular weight is 268 g/mol. The number of nitrogens with one attached hydrogen (secondary N) is 1. The van der Waals surface area contributed by atoms with Crippen LogP contribution in [0.4, 0.5) is 4.39 Å². The van der Waals surface area contributed by atoms with Crippen molar-refractivity contribution in [3.05, 3.63) is 29.6 Å². The molecule has 2 nitrogen and oxygen atoms in total. The van der Waals surface area contributed by atoms with Crippen LogP contribution in [0.2, 0.25) is 0 Å². The maximum absolute atomic E-state index is 13.7. The van der Waals surface area contributed by atoms with Crippen molar-refractivity contribution in [2.24, 2.45) is 0 Å². The molecule has 1 heterocycles. The quantitative estimate of drug-likeness (QED) is 0.884. The van der Waals surface area contributed by atoms with Gasteiger partial charge < -0.3 is 10.2 Å². The van der Waals surface area contributed by atoms with Gasteiger partial charge in [-0.3, -0.25) is 0 Å². The van der Waals surface area contributed by atoms with Gasteiger partial charge in [-0.2, -0.15) is 0 Å². The molecule has 1 aromatic rings. The van der Waals surface area contributed by atoms with Crippen LogP contribution in [-0.4, -0.2) is 37.3 Å². The number of fused-ring (bicyclic) bond motifs is 1. The largest absolute Gasteiger partial charge is 0.309 e. The molecule has 0 saturated carbocycles. The summed E-state index contributed by atoms with van der Waals surface area (Å²) in [5.74, 6) is 0.921. The van der Waals surface area contributed by atoms with Crippen LogP contribution in [0.3, 0.4) is 0 Å². The zero-order chi connectivity index (χ0) is 13.0. The minimum absolute atomic E-state index is 0.0744. The fourth-order valence-electron chi connectivity index (χ4n) is 2.19. The van der Waals surface area contributed by atoms with E-state index in [9.17, 15) is 4.39 Å². The van der Waals surface area contributed by atoms with Crippen LogP contribution >= 0.6 is 11.8 Å². The molecule has 1 aliphatic rings. The first-order valence-electron chi connectivity index (χ1n) is 6.55. The molecule has 0 radical (unpaired) electrons. The van der Waals surface area contributed by atoms with Crippen molar-refractivity contribution in [3.63, 3.8) is 0 Å². The summed E-state index contributed by atoms with van der Waals surface area (Å²) >= 11 is 1.64. The Kier molecular flexibility index (Phi) is 5.03. The average Bonchev–Trinajstić information content (AvgIpc) is 2.39. The van der Waals surface area contributed by atoms with Crippen molar-refractivity contribution in [1.82, 2.24) is 10.2 Å². The Morgan fingerprint density at radius 2 is 2.33 bits per heavy atom. The topological polar surface area (TPSA) is 15.3 Å². The van der Waals surface area contributed by atoms with Crippen LogP contribution < -0.4 is 5.32 Å². The lowest BCUT2D eigenvalue weighted by molar-refractivity contribution is 0.337. The third-order valence-corrected chi connectivity index (χ3v) is 4.61. The van der Waals surface area contributed by atoms with Gasteiger partial charge in [0.05, 0.1) is 0 Å². The van der Waals surface area contributed by atoms with Crippen molar-refractivity contribution in [1.29, 1.82) is 0 Å². The van der Waals surface area contributed by atoms with E-state index in [-0.39, 0.29) is 5.82 Å². The molecule has 0 saturated heterocycles. The smallest absolute Gasteiger partial charge is 0.137 e. The van der Waals surface area contributed by atoms with Crippen molar-refractivity contribution in [3.8, 4) is 0 Å². The number of hydrogen-bond acceptors (Lipinski definition) is 3. The monoisotopic (exact) mass is 268 g/mol. The molecular formula is C14H21FN2S. The SMILES string of the molecule is CCN(C)CCNC1CCSc2c(F)cccc21. The molecule has 0 aromatic heterocycles. The summed E-state index contributed by atoms with van der Waals surface area (Å²) in [6.07, 6.45) is 1.08. The maximum atomic E-state index is 13.7. The zero-order valence-electron chi connectivity index (χ0n) is 11.1. The Hall–Kier alpha value is -0.580. The molecule has 0 aliphatic carbocycles. The normalized spacial score (nSPS) is 19.0. The standard InChI is InChI=1S/C14H21FN2S/c1-3-17(2)9-8-16-13-7-10-18-14-11(13)5-4-6-12(14)15/h4-6,13,16H,3,7-10H2,1-2H3. The van der Waals surface area contributed by atoms with Crippen molar-refractivity contribution >= 4 is 11.8 Å². The van der Waals surface area contributed by atoms with Gasteiger partial charge in [-0.1, -0.05) is 19.1 Å². The molecule has 4 heteroatoms. The van der Waals surface area contributed by atoms with E-state index in [0.717, 1.165) is 42.3 Å². The predicted molar refractivity (Wildman–Crippen MR) is 75.7 cm³/mol. The third-order valence-electron chi connectivity index (χ3n) is 3.45. The lowest BCUT2D eigenvalue weighted by atomic mass is 10.0. The van der Waals surface area contributed by atoms with Gasteiger partial charge in [-0.05, 0) is 37.4 Å². The molecule has 0 amide bonds. The molecule has 1 atom stereocenters. The second-order valence-electron chi connectivity index (χ2n) is 4.70. The highest BCUT2D eigenvalue weighted by atomic mass is 32.2. The molecule has 0 spiro atoms. The first-order valence-corrected chi connectivity index (χ1v) is 7.54. The summed E-state index contributed by atoms with van der Waals surface area (Å²) in [7, 11) is 2.12. The van der Waals surface area contributed by atoms with E-state index in [2.05, 4.69) is 24.2 Å². The number of benzene rings is 1. The summed E-state index contributed by atoms with van der Waals surface area (Å²) in [5, 5.41) is 3.55. The van der Waals surface area contributed by atoms with Crippen LogP contribution in [0.5, 0.6) is 0 Å². The van der Waals surface area contributed by atoms with Crippen molar-refractivity contribution in [2.45, 2.75) is 24.3 Å². The van der Waals surface area contributed by atoms with Gasteiger partial charge in [0.25, 0.3) is 0 Å². The summed E-state index contributed by atoms with van der Waals surface area (Å²) in [5.41, 5.74) is 1.13. The second kappa shape index (κ2) is 6.55. The molecule has 1 aliphatic heterocycles. The molecule has 1 N–H and O–H groups in total. The number of hydrogen-bond donors (Lipinski definition) is 1. The number of nitrogens with zero attached hydrogens (tertiary/aromatic N) is 1. The van der Waals surface area contributed by atoms with Gasteiger partial charge in [-0.15, -0.1) is 11.8 Å². The van der Waals surface area contributed by atoms with Gasteiger partial charge >= 0.3 is 0 Å². The van der Waals surface area contributed by atoms with Gasteiger partial charge in [0, 0.05) is 24.0 Å². The third kappa shape index (κ3) is 3.25. The minimum Gasteiger partial charge on any atom is -0.309 e. The second-order valence-corrected chi connectivity index (χ2v) is 5.80. The van der Waals surface area contributed by atoms with E-state index in [1.54, 1.807) is 17.8 Å². The lowest BCUT2D eigenvalue weighted by Crippen LogP contribution is -2.32. The number of likely N-dealkylation sites (N-methyl/N-ethyl adjacent to an activating group) is 1. The van der Waals surface area contributed by atoms with Crippen LogP contribution in [0.15, 0.2) is 23.1 Å². The fraction of sp³-hybridized carbons (Fsp3) is 0.571. The molecule has 18 heavy (non-hydrogen) atoms. The molecule has 1 aromatic carbocycles. The first kappa shape index (κ1) is 13.8. The summed E-state index contributed by atoms with van der Waals surface area (Å²) in [4.78, 5) is 3.11. The Bertz CT molecular complexity index is 397. The van der Waals surface area contributed by atoms with Crippen LogP contribution in [0.25, 0.3) is 0 Å². The highest BCUT2D eigenvalue weighted by Crippen LogP contribution is 2.37. The molecule has 100 valence electrons.